The lowest BCUT2D eigenvalue weighted by atomic mass is 9.97. The summed E-state index contributed by atoms with van der Waals surface area (Å²) in [4.78, 5) is 0. The van der Waals surface area contributed by atoms with E-state index < -0.39 is 0 Å². The van der Waals surface area contributed by atoms with Gasteiger partial charge < -0.3 is 10.5 Å². The van der Waals surface area contributed by atoms with E-state index in [2.05, 4.69) is 18.7 Å². The molecule has 2 aromatic rings. The van der Waals surface area contributed by atoms with Gasteiger partial charge in [-0.25, -0.2) is 0 Å². The molecule has 2 rings (SSSR count). The molecule has 0 bridgehead atoms. The molecule has 0 aliphatic carbocycles. The van der Waals surface area contributed by atoms with E-state index in [0.29, 0.717) is 0 Å². The van der Waals surface area contributed by atoms with Crippen LogP contribution in [-0.2, 0) is 0 Å². The second-order valence-corrected chi connectivity index (χ2v) is 4.03. The van der Waals surface area contributed by atoms with Crippen LogP contribution in [0.4, 0.5) is 0 Å². The molecule has 17 heavy (non-hydrogen) atoms. The van der Waals surface area contributed by atoms with Crippen LogP contribution in [0.15, 0.2) is 49.1 Å². The van der Waals surface area contributed by atoms with Crippen molar-refractivity contribution in [2.45, 2.75) is 12.5 Å². The van der Waals surface area contributed by atoms with Crippen LogP contribution in [0.1, 0.15) is 18.0 Å². The highest BCUT2D eigenvalue weighted by Crippen LogP contribution is 2.31. The molecule has 0 saturated carbocycles. The van der Waals surface area contributed by atoms with Gasteiger partial charge in [0.1, 0.15) is 5.75 Å². The van der Waals surface area contributed by atoms with Crippen LogP contribution in [0.25, 0.3) is 10.8 Å². The monoisotopic (exact) mass is 227 g/mol. The Labute approximate surface area is 102 Å². The van der Waals surface area contributed by atoms with Crippen LogP contribution >= 0.6 is 0 Å². The van der Waals surface area contributed by atoms with Crippen LogP contribution in [-0.4, -0.2) is 7.11 Å². The van der Waals surface area contributed by atoms with E-state index in [4.69, 9.17) is 10.5 Å². The van der Waals surface area contributed by atoms with Gasteiger partial charge in [-0.1, -0.05) is 36.4 Å². The maximum atomic E-state index is 6.15. The molecule has 0 unspecified atom stereocenters. The predicted molar refractivity (Wildman–Crippen MR) is 72.2 cm³/mol. The summed E-state index contributed by atoms with van der Waals surface area (Å²) in [7, 11) is 1.69. The van der Waals surface area contributed by atoms with Gasteiger partial charge in [-0.15, -0.1) is 6.58 Å². The molecule has 2 N–H and O–H groups in total. The number of hydrogen-bond acceptors (Lipinski definition) is 2. The van der Waals surface area contributed by atoms with Crippen molar-refractivity contribution in [3.63, 3.8) is 0 Å². The van der Waals surface area contributed by atoms with E-state index in [0.717, 1.165) is 28.5 Å². The Morgan fingerprint density at radius 3 is 2.59 bits per heavy atom. The molecule has 2 heteroatoms. The third-order valence-corrected chi connectivity index (χ3v) is 2.96. The zero-order valence-corrected chi connectivity index (χ0v) is 10.0. The summed E-state index contributed by atoms with van der Waals surface area (Å²) >= 11 is 0. The van der Waals surface area contributed by atoms with Crippen LogP contribution in [0, 0.1) is 0 Å². The molecular formula is C15H17NO. The van der Waals surface area contributed by atoms with E-state index in [1.54, 1.807) is 7.11 Å². The summed E-state index contributed by atoms with van der Waals surface area (Å²) < 4.78 is 5.36. The summed E-state index contributed by atoms with van der Waals surface area (Å²) in [6, 6.07) is 12.2. The fourth-order valence-corrected chi connectivity index (χ4v) is 2.10. The highest BCUT2D eigenvalue weighted by atomic mass is 16.5. The van der Waals surface area contributed by atoms with Crippen molar-refractivity contribution in [2.75, 3.05) is 7.11 Å². The van der Waals surface area contributed by atoms with Crippen molar-refractivity contribution in [3.8, 4) is 5.75 Å². The standard InChI is InChI=1S/C15H17NO/c1-3-6-14(16)12-9-10-15(17-2)13-8-5-4-7-11(12)13/h3-5,7-10,14H,1,6,16H2,2H3/t14-/m1/s1. The number of methoxy groups -OCH3 is 1. The lowest BCUT2D eigenvalue weighted by Gasteiger charge is -2.15. The zero-order valence-electron chi connectivity index (χ0n) is 10.0. The Bertz CT molecular complexity index is 533. The third kappa shape index (κ3) is 2.17. The normalized spacial score (nSPS) is 12.4. The van der Waals surface area contributed by atoms with Crippen molar-refractivity contribution in [2.24, 2.45) is 5.73 Å². The number of ether oxygens (including phenoxy) is 1. The van der Waals surface area contributed by atoms with Crippen molar-refractivity contribution in [3.05, 3.63) is 54.6 Å². The van der Waals surface area contributed by atoms with Gasteiger partial charge in [0, 0.05) is 11.4 Å². The topological polar surface area (TPSA) is 35.2 Å². The van der Waals surface area contributed by atoms with Crippen molar-refractivity contribution in [1.29, 1.82) is 0 Å². The van der Waals surface area contributed by atoms with Crippen LogP contribution in [0.5, 0.6) is 5.75 Å². The fraction of sp³-hybridized carbons (Fsp3) is 0.200. The van der Waals surface area contributed by atoms with Crippen LogP contribution < -0.4 is 10.5 Å². The second-order valence-electron chi connectivity index (χ2n) is 4.03. The third-order valence-electron chi connectivity index (χ3n) is 2.96. The van der Waals surface area contributed by atoms with Crippen molar-refractivity contribution >= 4 is 10.8 Å². The number of benzene rings is 2. The van der Waals surface area contributed by atoms with Gasteiger partial charge in [-0.3, -0.25) is 0 Å². The van der Waals surface area contributed by atoms with Gasteiger partial charge in [0.05, 0.1) is 7.11 Å². The first-order valence-electron chi connectivity index (χ1n) is 5.70. The average Bonchev–Trinajstić information content (AvgIpc) is 2.37. The Morgan fingerprint density at radius 2 is 1.94 bits per heavy atom. The van der Waals surface area contributed by atoms with Gasteiger partial charge >= 0.3 is 0 Å². The van der Waals surface area contributed by atoms with Crippen molar-refractivity contribution in [1.82, 2.24) is 0 Å². The first kappa shape index (κ1) is 11.7. The van der Waals surface area contributed by atoms with Crippen LogP contribution in [0.2, 0.25) is 0 Å². The molecule has 0 radical (unpaired) electrons. The molecule has 1 atom stereocenters. The number of fused-ring (bicyclic) bond motifs is 1. The summed E-state index contributed by atoms with van der Waals surface area (Å²) in [5, 5.41) is 2.26. The molecule has 2 nitrogen and oxygen atoms in total. The molecule has 88 valence electrons. The number of hydrogen-bond donors (Lipinski definition) is 1. The molecule has 0 aromatic heterocycles. The quantitative estimate of drug-likeness (QED) is 0.812. The summed E-state index contributed by atoms with van der Waals surface area (Å²) in [5.74, 6) is 0.884. The predicted octanol–water partition coefficient (Wildman–Crippen LogP) is 3.42. The van der Waals surface area contributed by atoms with E-state index in [1.165, 1.54) is 0 Å². The average molecular weight is 227 g/mol. The highest BCUT2D eigenvalue weighted by Gasteiger charge is 2.10. The lowest BCUT2D eigenvalue weighted by Crippen LogP contribution is -2.09. The Hall–Kier alpha value is -1.80. The SMILES string of the molecule is C=CC[C@@H](N)c1ccc(OC)c2ccccc12. The maximum Gasteiger partial charge on any atom is 0.126 e. The Kier molecular flexibility index (Phi) is 3.45. The second kappa shape index (κ2) is 5.02. The molecule has 0 aliphatic rings. The van der Waals surface area contributed by atoms with E-state index in [9.17, 15) is 0 Å². The summed E-state index contributed by atoms with van der Waals surface area (Å²) in [6.45, 7) is 3.74. The smallest absolute Gasteiger partial charge is 0.126 e. The maximum absolute atomic E-state index is 6.15. The van der Waals surface area contributed by atoms with Gasteiger partial charge in [0.25, 0.3) is 0 Å². The number of rotatable bonds is 4. The van der Waals surface area contributed by atoms with E-state index >= 15 is 0 Å². The fourth-order valence-electron chi connectivity index (χ4n) is 2.10. The molecule has 0 heterocycles. The molecule has 0 saturated heterocycles. The van der Waals surface area contributed by atoms with Gasteiger partial charge in [0.2, 0.25) is 0 Å². The van der Waals surface area contributed by atoms with E-state index in [-0.39, 0.29) is 6.04 Å². The van der Waals surface area contributed by atoms with E-state index in [1.807, 2.05) is 30.3 Å². The van der Waals surface area contributed by atoms with Crippen LogP contribution in [0.3, 0.4) is 0 Å². The largest absolute Gasteiger partial charge is 0.496 e. The molecular weight excluding hydrogens is 210 g/mol. The molecule has 2 aromatic carbocycles. The first-order chi connectivity index (χ1) is 8.27. The highest BCUT2D eigenvalue weighted by molar-refractivity contribution is 5.91. The molecule has 0 fully saturated rings. The minimum absolute atomic E-state index is 0.0108. The Morgan fingerprint density at radius 1 is 1.24 bits per heavy atom. The number of nitrogens with two attached hydrogens (primary N) is 1. The van der Waals surface area contributed by atoms with Gasteiger partial charge in [-0.05, 0) is 23.4 Å². The molecule has 0 aliphatic heterocycles. The minimum Gasteiger partial charge on any atom is -0.496 e. The minimum atomic E-state index is -0.0108. The molecule has 0 amide bonds. The van der Waals surface area contributed by atoms with Gasteiger partial charge in [0.15, 0.2) is 0 Å². The van der Waals surface area contributed by atoms with Gasteiger partial charge in [-0.2, -0.15) is 0 Å². The molecule has 0 spiro atoms. The first-order valence-corrected chi connectivity index (χ1v) is 5.70. The Balaban J connectivity index is 2.62. The van der Waals surface area contributed by atoms with Crippen molar-refractivity contribution < 1.29 is 4.74 Å². The zero-order chi connectivity index (χ0) is 12.3. The summed E-state index contributed by atoms with van der Waals surface area (Å²) in [6.07, 6.45) is 2.62. The summed E-state index contributed by atoms with van der Waals surface area (Å²) in [5.41, 5.74) is 7.29. The lowest BCUT2D eigenvalue weighted by molar-refractivity contribution is 0.419.